The molecule has 0 bridgehead atoms. The lowest BCUT2D eigenvalue weighted by atomic mass is 9.91. The third-order valence-electron chi connectivity index (χ3n) is 7.10. The molecular formula is C32H32ClFN4O3. The first-order valence-corrected chi connectivity index (χ1v) is 13.9. The Morgan fingerprint density at radius 3 is 2.90 bits per heavy atom. The van der Waals surface area contributed by atoms with E-state index in [1.54, 1.807) is 30.5 Å². The molecule has 2 heterocycles. The van der Waals surface area contributed by atoms with Crippen molar-refractivity contribution in [3.8, 4) is 5.75 Å². The van der Waals surface area contributed by atoms with Gasteiger partial charge in [0.25, 0.3) is 0 Å². The second-order valence-electron chi connectivity index (χ2n) is 10.1. The number of morpholine rings is 1. The summed E-state index contributed by atoms with van der Waals surface area (Å²) in [5, 5.41) is 15.2. The Kier molecular flexibility index (Phi) is 9.24. The van der Waals surface area contributed by atoms with Crippen molar-refractivity contribution in [1.29, 1.82) is 5.41 Å². The summed E-state index contributed by atoms with van der Waals surface area (Å²) in [4.78, 5) is 17.7. The topological polar surface area (TPSA) is 95.8 Å². The van der Waals surface area contributed by atoms with Crippen LogP contribution in [0.3, 0.4) is 0 Å². The Morgan fingerprint density at radius 1 is 1.27 bits per heavy atom. The van der Waals surface area contributed by atoms with Gasteiger partial charge in [-0.3, -0.25) is 9.79 Å². The number of carbonyl (C=O) groups is 1. The number of ether oxygens (including phenoxy) is 2. The Morgan fingerprint density at radius 2 is 2.15 bits per heavy atom. The number of benzene rings is 2. The van der Waals surface area contributed by atoms with Crippen LogP contribution in [0.25, 0.3) is 5.57 Å². The highest BCUT2D eigenvalue weighted by Gasteiger charge is 2.22. The van der Waals surface area contributed by atoms with Crippen molar-refractivity contribution in [1.82, 2.24) is 5.32 Å². The summed E-state index contributed by atoms with van der Waals surface area (Å²) in [5.74, 6) is -0.408. The van der Waals surface area contributed by atoms with Crippen LogP contribution in [0.15, 0.2) is 83.2 Å². The number of hydrogen-bond acceptors (Lipinski definition) is 7. The van der Waals surface area contributed by atoms with Gasteiger partial charge in [-0.15, -0.1) is 0 Å². The third kappa shape index (κ3) is 7.08. The van der Waals surface area contributed by atoms with Crippen LogP contribution < -0.4 is 15.4 Å². The predicted octanol–water partition coefficient (Wildman–Crippen LogP) is 6.53. The van der Waals surface area contributed by atoms with Crippen LogP contribution in [0.2, 0.25) is 5.02 Å². The molecule has 0 amide bonds. The fraction of sp³-hybridized carbons (Fsp3) is 0.281. The summed E-state index contributed by atoms with van der Waals surface area (Å²) in [6.45, 7) is 2.10. The molecule has 2 aliphatic heterocycles. The van der Waals surface area contributed by atoms with Gasteiger partial charge in [0.15, 0.2) is 17.3 Å². The van der Waals surface area contributed by atoms with Gasteiger partial charge in [-0.2, -0.15) is 0 Å². The van der Waals surface area contributed by atoms with Crippen LogP contribution >= 0.6 is 11.6 Å². The first-order valence-electron chi connectivity index (χ1n) is 13.6. The smallest absolute Gasteiger partial charge is 0.169 e. The van der Waals surface area contributed by atoms with Gasteiger partial charge in [0, 0.05) is 55.5 Å². The van der Waals surface area contributed by atoms with E-state index in [1.165, 1.54) is 13.2 Å². The summed E-state index contributed by atoms with van der Waals surface area (Å²) in [6.07, 6.45) is 11.5. The average molecular weight is 575 g/mol. The molecule has 0 aromatic heterocycles. The van der Waals surface area contributed by atoms with E-state index in [0.717, 1.165) is 34.7 Å². The van der Waals surface area contributed by atoms with E-state index in [1.807, 2.05) is 24.3 Å². The molecule has 0 saturated carbocycles. The fourth-order valence-electron chi connectivity index (χ4n) is 5.00. The summed E-state index contributed by atoms with van der Waals surface area (Å²) in [6, 6.07) is 10.1. The first kappa shape index (κ1) is 28.7. The molecule has 41 heavy (non-hydrogen) atoms. The Labute approximate surface area is 244 Å². The summed E-state index contributed by atoms with van der Waals surface area (Å²) >= 11 is 6.55. The first-order chi connectivity index (χ1) is 19.9. The van der Waals surface area contributed by atoms with E-state index < -0.39 is 5.82 Å². The van der Waals surface area contributed by atoms with Gasteiger partial charge in [-0.05, 0) is 53.5 Å². The lowest BCUT2D eigenvalue weighted by molar-refractivity contribution is 0.0332. The number of halogens is 2. The molecule has 1 fully saturated rings. The lowest BCUT2D eigenvalue weighted by Gasteiger charge is -2.23. The highest BCUT2D eigenvalue weighted by molar-refractivity contribution is 6.34. The summed E-state index contributed by atoms with van der Waals surface area (Å²) < 4.78 is 25.0. The number of anilines is 1. The SMILES string of the molecule is COc1ccc(C2=CN=C3C(Nc4ccc(C(=O)CC(=N)CC5CNCCO5)c(Cl)c4)=CC/C=C\C=C/3C2)cc1F. The number of rotatable bonds is 9. The van der Waals surface area contributed by atoms with Gasteiger partial charge >= 0.3 is 0 Å². The predicted molar refractivity (Wildman–Crippen MR) is 162 cm³/mol. The molecule has 2 aromatic carbocycles. The number of nitrogens with one attached hydrogen (secondary N) is 3. The minimum atomic E-state index is -0.416. The maximum Gasteiger partial charge on any atom is 0.169 e. The van der Waals surface area contributed by atoms with Crippen molar-refractivity contribution in [2.24, 2.45) is 4.99 Å². The molecule has 7 nitrogen and oxygen atoms in total. The van der Waals surface area contributed by atoms with Crippen LogP contribution in [0.4, 0.5) is 10.1 Å². The van der Waals surface area contributed by atoms with Gasteiger partial charge in [0.1, 0.15) is 0 Å². The minimum Gasteiger partial charge on any atom is -0.494 e. The Balaban J connectivity index is 1.30. The number of nitrogens with zero attached hydrogens (tertiary/aromatic N) is 1. The molecule has 0 spiro atoms. The quantitative estimate of drug-likeness (QED) is 0.234. The van der Waals surface area contributed by atoms with Crippen LogP contribution in [0, 0.1) is 11.2 Å². The molecule has 0 radical (unpaired) electrons. The molecule has 1 aliphatic carbocycles. The van der Waals surface area contributed by atoms with E-state index in [4.69, 9.17) is 31.5 Å². The van der Waals surface area contributed by atoms with Crippen LogP contribution in [-0.4, -0.2) is 50.1 Å². The van der Waals surface area contributed by atoms with Crippen molar-refractivity contribution in [3.05, 3.63) is 100 Å². The molecule has 9 heteroatoms. The molecular weight excluding hydrogens is 543 g/mol. The van der Waals surface area contributed by atoms with Crippen molar-refractivity contribution < 1.29 is 18.7 Å². The summed E-state index contributed by atoms with van der Waals surface area (Å²) in [7, 11) is 1.44. The monoisotopic (exact) mass is 574 g/mol. The van der Waals surface area contributed by atoms with Gasteiger partial charge in [-0.1, -0.05) is 42.0 Å². The molecule has 1 saturated heterocycles. The van der Waals surface area contributed by atoms with Gasteiger partial charge in [0.2, 0.25) is 0 Å². The largest absolute Gasteiger partial charge is 0.494 e. The zero-order valence-corrected chi connectivity index (χ0v) is 23.6. The fourth-order valence-corrected chi connectivity index (χ4v) is 5.29. The number of Topliss-reactive ketones (excluding diaryl/α,β-unsaturated/α-hetero) is 1. The third-order valence-corrected chi connectivity index (χ3v) is 7.42. The standard InChI is InChI=1S/C32H32ClFN4O3/c1-40-31-10-7-20(14-28(31)34)22-13-21-5-3-2-4-6-29(32(21)37-18-22)38-24-8-9-26(27(33)17-24)30(39)16-23(35)15-25-19-36-11-12-41-25/h2-3,5-10,14,17-18,25,35-36,38H,4,11-13,15-16,19H2,1H3/b3-2-,21-5-,29-6?,35-23?. The summed E-state index contributed by atoms with van der Waals surface area (Å²) in [5.41, 5.74) is 5.67. The number of carbonyl (C=O) groups excluding carboxylic acids is 1. The molecule has 1 atom stereocenters. The minimum absolute atomic E-state index is 0.00155. The average Bonchev–Trinajstić information content (AvgIpc) is 2.95. The second kappa shape index (κ2) is 13.2. The van der Waals surface area contributed by atoms with E-state index in [2.05, 4.69) is 16.7 Å². The highest BCUT2D eigenvalue weighted by Crippen LogP contribution is 2.33. The van der Waals surface area contributed by atoms with Crippen LogP contribution in [-0.2, 0) is 4.74 Å². The Bertz CT molecular complexity index is 1500. The highest BCUT2D eigenvalue weighted by atomic mass is 35.5. The number of allylic oxidation sites excluding steroid dienone is 6. The number of aliphatic imine (C=N–C) groups is 1. The lowest BCUT2D eigenvalue weighted by Crippen LogP contribution is -2.39. The Hall–Kier alpha value is -3.85. The van der Waals surface area contributed by atoms with Gasteiger partial charge in [0.05, 0.1) is 36.3 Å². The number of fused-ring (bicyclic) bond motifs is 1. The van der Waals surface area contributed by atoms with E-state index in [-0.39, 0.29) is 24.1 Å². The van der Waals surface area contributed by atoms with Gasteiger partial charge < -0.3 is 25.5 Å². The maximum atomic E-state index is 14.3. The molecule has 212 valence electrons. The number of hydrogen-bond donors (Lipinski definition) is 3. The van der Waals surface area contributed by atoms with E-state index in [9.17, 15) is 9.18 Å². The number of ketones is 1. The van der Waals surface area contributed by atoms with Crippen molar-refractivity contribution in [3.63, 3.8) is 0 Å². The van der Waals surface area contributed by atoms with Crippen molar-refractivity contribution in [2.45, 2.75) is 31.8 Å². The molecule has 2 aromatic rings. The van der Waals surface area contributed by atoms with E-state index >= 15 is 0 Å². The van der Waals surface area contributed by atoms with Gasteiger partial charge in [-0.25, -0.2) is 4.39 Å². The molecule has 5 rings (SSSR count). The number of methoxy groups -OCH3 is 1. The molecule has 1 unspecified atom stereocenters. The van der Waals surface area contributed by atoms with Crippen molar-refractivity contribution >= 4 is 40.1 Å². The molecule has 3 N–H and O–H groups in total. The van der Waals surface area contributed by atoms with Crippen LogP contribution in [0.1, 0.15) is 41.6 Å². The normalized spacial score (nSPS) is 20.6. The maximum absolute atomic E-state index is 14.3. The van der Waals surface area contributed by atoms with Crippen LogP contribution in [0.5, 0.6) is 5.75 Å². The van der Waals surface area contributed by atoms with Crippen molar-refractivity contribution in [2.75, 3.05) is 32.1 Å². The second-order valence-corrected chi connectivity index (χ2v) is 10.5. The zero-order valence-electron chi connectivity index (χ0n) is 22.8. The molecule has 3 aliphatic rings. The van der Waals surface area contributed by atoms with E-state index in [0.29, 0.717) is 54.4 Å². The zero-order chi connectivity index (χ0) is 28.8.